The summed E-state index contributed by atoms with van der Waals surface area (Å²) in [5.41, 5.74) is -0.508. The Hall–Kier alpha value is -2.33. The summed E-state index contributed by atoms with van der Waals surface area (Å²) < 4.78 is 64.5. The van der Waals surface area contributed by atoms with Gasteiger partial charge in [0.15, 0.2) is 0 Å². The van der Waals surface area contributed by atoms with Crippen molar-refractivity contribution in [2.75, 3.05) is 5.32 Å². The molecule has 0 aliphatic carbocycles. The van der Waals surface area contributed by atoms with E-state index in [-0.39, 0.29) is 9.92 Å². The summed E-state index contributed by atoms with van der Waals surface area (Å²) in [5, 5.41) is 1.48. The number of amides is 2. The predicted octanol–water partition coefficient (Wildman–Crippen LogP) is 3.57. The van der Waals surface area contributed by atoms with E-state index in [1.807, 2.05) is 0 Å². The Bertz CT molecular complexity index is 900. The topological polar surface area (TPSA) is 88.2 Å². The number of halogens is 4. The molecule has 2 amide bonds. The van der Waals surface area contributed by atoms with E-state index in [2.05, 4.69) is 4.98 Å². The number of hydrogen-bond donors (Lipinski definition) is 2. The number of urea groups is 1. The van der Waals surface area contributed by atoms with Crippen LogP contribution in [0.4, 0.5) is 23.8 Å². The van der Waals surface area contributed by atoms with E-state index in [0.717, 1.165) is 11.8 Å². The maximum Gasteiger partial charge on any atom is 0.420 e. The van der Waals surface area contributed by atoms with Crippen molar-refractivity contribution >= 4 is 33.5 Å². The Morgan fingerprint density at radius 2 is 1.80 bits per heavy atom. The van der Waals surface area contributed by atoms with Gasteiger partial charge in [0.1, 0.15) is 5.82 Å². The Labute approximate surface area is 146 Å². The van der Waals surface area contributed by atoms with Crippen LogP contribution in [0.1, 0.15) is 11.1 Å². The van der Waals surface area contributed by atoms with E-state index in [9.17, 15) is 26.4 Å². The lowest BCUT2D eigenvalue weighted by Crippen LogP contribution is -2.35. The van der Waals surface area contributed by atoms with E-state index in [1.165, 1.54) is 24.3 Å². The zero-order valence-electron chi connectivity index (χ0n) is 12.6. The number of aryl methyl sites for hydroxylation is 1. The molecule has 134 valence electrons. The quantitative estimate of drug-likeness (QED) is 0.834. The Balaban J connectivity index is 2.22. The number of sulfonamides is 1. The van der Waals surface area contributed by atoms with Gasteiger partial charge < -0.3 is 0 Å². The number of carbonyl (C=O) groups excluding carboxylic acids is 1. The molecule has 1 aromatic carbocycles. The van der Waals surface area contributed by atoms with Gasteiger partial charge in [0.2, 0.25) is 0 Å². The standard InChI is InChI=1S/C14H11ClF3N3O3S/c1-8-2-4-10(5-3-8)25(23,24)21-13(22)20-12-11(14(16,17)18)6-9(15)7-19-12/h2-7H,1H3,(H2,19,20,21,22). The number of benzene rings is 1. The van der Waals surface area contributed by atoms with Crippen LogP contribution in [0.5, 0.6) is 0 Å². The first kappa shape index (κ1) is 19.0. The zero-order valence-corrected chi connectivity index (χ0v) is 14.1. The fraction of sp³-hybridized carbons (Fsp3) is 0.143. The number of rotatable bonds is 3. The highest BCUT2D eigenvalue weighted by Crippen LogP contribution is 2.35. The van der Waals surface area contributed by atoms with E-state index in [1.54, 1.807) is 17.0 Å². The monoisotopic (exact) mass is 393 g/mol. The third-order valence-corrected chi connectivity index (χ3v) is 4.50. The third kappa shape index (κ3) is 4.83. The van der Waals surface area contributed by atoms with Crippen LogP contribution in [0.3, 0.4) is 0 Å². The van der Waals surface area contributed by atoms with Crippen LogP contribution in [-0.4, -0.2) is 19.4 Å². The van der Waals surface area contributed by atoms with E-state index in [4.69, 9.17) is 11.6 Å². The molecule has 0 saturated carbocycles. The van der Waals surface area contributed by atoms with Crippen LogP contribution in [0.25, 0.3) is 0 Å². The maximum absolute atomic E-state index is 12.9. The first-order valence-corrected chi connectivity index (χ1v) is 8.48. The first-order chi connectivity index (χ1) is 11.5. The molecule has 0 unspecified atom stereocenters. The third-order valence-electron chi connectivity index (χ3n) is 2.95. The number of pyridine rings is 1. The molecule has 0 saturated heterocycles. The molecule has 25 heavy (non-hydrogen) atoms. The molecule has 0 fully saturated rings. The minimum atomic E-state index is -4.84. The minimum absolute atomic E-state index is 0.214. The highest BCUT2D eigenvalue weighted by atomic mass is 35.5. The SMILES string of the molecule is Cc1ccc(S(=O)(=O)NC(=O)Nc2ncc(Cl)cc2C(F)(F)F)cc1. The second-order valence-corrected chi connectivity index (χ2v) is 7.04. The highest BCUT2D eigenvalue weighted by Gasteiger charge is 2.35. The van der Waals surface area contributed by atoms with Gasteiger partial charge >= 0.3 is 12.2 Å². The molecule has 0 aliphatic heterocycles. The average molecular weight is 394 g/mol. The van der Waals surface area contributed by atoms with Gasteiger partial charge in [-0.2, -0.15) is 13.2 Å². The number of nitrogens with one attached hydrogen (secondary N) is 2. The van der Waals surface area contributed by atoms with Gasteiger partial charge in [-0.1, -0.05) is 29.3 Å². The van der Waals surface area contributed by atoms with Gasteiger partial charge in [-0.15, -0.1) is 0 Å². The summed E-state index contributed by atoms with van der Waals surface area (Å²) >= 11 is 5.47. The van der Waals surface area contributed by atoms with Gasteiger partial charge in [-0.3, -0.25) is 5.32 Å². The van der Waals surface area contributed by atoms with Gasteiger partial charge in [-0.25, -0.2) is 22.9 Å². The molecular formula is C14H11ClF3N3O3S. The molecular weight excluding hydrogens is 383 g/mol. The molecule has 0 radical (unpaired) electrons. The minimum Gasteiger partial charge on any atom is -0.291 e. The highest BCUT2D eigenvalue weighted by molar-refractivity contribution is 7.90. The lowest BCUT2D eigenvalue weighted by atomic mass is 10.2. The summed E-state index contributed by atoms with van der Waals surface area (Å²) in [6.45, 7) is 1.74. The van der Waals surface area contributed by atoms with Crippen LogP contribution in [0, 0.1) is 6.92 Å². The normalized spacial score (nSPS) is 11.9. The lowest BCUT2D eigenvalue weighted by molar-refractivity contribution is -0.137. The Morgan fingerprint density at radius 3 is 2.36 bits per heavy atom. The van der Waals surface area contributed by atoms with Gasteiger partial charge in [0.25, 0.3) is 10.0 Å². The summed E-state index contributed by atoms with van der Waals surface area (Å²) in [4.78, 5) is 15.0. The molecule has 0 atom stereocenters. The van der Waals surface area contributed by atoms with Crippen LogP contribution in [-0.2, 0) is 16.2 Å². The Kier molecular flexibility index (Phi) is 5.23. The van der Waals surface area contributed by atoms with Crippen molar-refractivity contribution in [2.24, 2.45) is 0 Å². The fourth-order valence-corrected chi connectivity index (χ4v) is 2.85. The van der Waals surface area contributed by atoms with Crippen LogP contribution in [0.15, 0.2) is 41.4 Å². The summed E-state index contributed by atoms with van der Waals surface area (Å²) in [6.07, 6.45) is -3.95. The first-order valence-electron chi connectivity index (χ1n) is 6.62. The van der Waals surface area contributed by atoms with E-state index < -0.39 is 33.6 Å². The number of carbonyl (C=O) groups is 1. The summed E-state index contributed by atoms with van der Waals surface area (Å²) in [7, 11) is -4.25. The molecule has 0 bridgehead atoms. The molecule has 1 heterocycles. The fourth-order valence-electron chi connectivity index (χ4n) is 1.79. The average Bonchev–Trinajstić information content (AvgIpc) is 2.48. The molecule has 0 aliphatic rings. The molecule has 2 rings (SSSR count). The molecule has 0 spiro atoms. The van der Waals surface area contributed by atoms with Crippen LogP contribution >= 0.6 is 11.6 Å². The van der Waals surface area contributed by atoms with Crippen LogP contribution in [0.2, 0.25) is 5.02 Å². The number of anilines is 1. The number of nitrogens with zero attached hydrogens (tertiary/aromatic N) is 1. The molecule has 1 aromatic heterocycles. The Morgan fingerprint density at radius 1 is 1.20 bits per heavy atom. The van der Waals surface area contributed by atoms with E-state index >= 15 is 0 Å². The summed E-state index contributed by atoms with van der Waals surface area (Å²) in [6, 6.07) is 4.71. The predicted molar refractivity (Wildman–Crippen MR) is 84.8 cm³/mol. The van der Waals surface area contributed by atoms with E-state index in [0.29, 0.717) is 6.07 Å². The van der Waals surface area contributed by atoms with Gasteiger partial charge in [0, 0.05) is 6.20 Å². The summed E-state index contributed by atoms with van der Waals surface area (Å²) in [5.74, 6) is -0.867. The smallest absolute Gasteiger partial charge is 0.291 e. The molecule has 2 N–H and O–H groups in total. The zero-order chi connectivity index (χ0) is 18.8. The maximum atomic E-state index is 12.9. The van der Waals surface area contributed by atoms with Crippen molar-refractivity contribution < 1.29 is 26.4 Å². The second kappa shape index (κ2) is 6.89. The van der Waals surface area contributed by atoms with Crippen molar-refractivity contribution in [1.82, 2.24) is 9.71 Å². The largest absolute Gasteiger partial charge is 0.420 e. The van der Waals surface area contributed by atoms with Crippen molar-refractivity contribution in [1.29, 1.82) is 0 Å². The number of aromatic nitrogens is 1. The molecule has 11 heteroatoms. The number of hydrogen-bond acceptors (Lipinski definition) is 4. The molecule has 2 aromatic rings. The lowest BCUT2D eigenvalue weighted by Gasteiger charge is -2.13. The van der Waals surface area contributed by atoms with Crippen molar-refractivity contribution in [3.8, 4) is 0 Å². The van der Waals surface area contributed by atoms with Crippen molar-refractivity contribution in [3.05, 3.63) is 52.7 Å². The second-order valence-electron chi connectivity index (χ2n) is 4.92. The molecule has 6 nitrogen and oxygen atoms in total. The van der Waals surface area contributed by atoms with Gasteiger partial charge in [0.05, 0.1) is 15.5 Å². The van der Waals surface area contributed by atoms with Crippen molar-refractivity contribution in [2.45, 2.75) is 18.0 Å². The number of alkyl halides is 3. The van der Waals surface area contributed by atoms with Gasteiger partial charge in [-0.05, 0) is 25.1 Å². The van der Waals surface area contributed by atoms with Crippen LogP contribution < -0.4 is 10.0 Å². The van der Waals surface area contributed by atoms with Crippen molar-refractivity contribution in [3.63, 3.8) is 0 Å².